The molecule has 0 radical (unpaired) electrons. The van der Waals surface area contributed by atoms with E-state index in [9.17, 15) is 0 Å². The van der Waals surface area contributed by atoms with Gasteiger partial charge in [-0.05, 0) is 12.8 Å². The minimum Gasteiger partial charge on any atom is -0.343 e. The van der Waals surface area contributed by atoms with Crippen LogP contribution in [0.5, 0.6) is 0 Å². The van der Waals surface area contributed by atoms with Crippen molar-refractivity contribution in [1.29, 1.82) is 0 Å². The Hall–Kier alpha value is -0.610. The number of anilines is 1. The highest BCUT2D eigenvalue weighted by molar-refractivity contribution is 7.13. The lowest BCUT2D eigenvalue weighted by Gasteiger charge is -2.35. The molecule has 0 amide bonds. The molecule has 84 valence electrons. The first-order chi connectivity index (χ1) is 7.35. The van der Waals surface area contributed by atoms with E-state index in [0.717, 1.165) is 26.1 Å². The summed E-state index contributed by atoms with van der Waals surface area (Å²) in [6, 6.07) is 0.620. The summed E-state index contributed by atoms with van der Waals surface area (Å²) in [5.74, 6) is 0. The second-order valence-corrected chi connectivity index (χ2v) is 4.77. The van der Waals surface area contributed by atoms with Gasteiger partial charge < -0.3 is 10.2 Å². The highest BCUT2D eigenvalue weighted by atomic mass is 32.1. The highest BCUT2D eigenvalue weighted by Gasteiger charge is 2.22. The first-order valence-electron chi connectivity index (χ1n) is 5.77. The molecule has 2 rings (SSSR count). The van der Waals surface area contributed by atoms with Gasteiger partial charge in [-0.2, -0.15) is 0 Å². The lowest BCUT2D eigenvalue weighted by Crippen LogP contribution is -2.51. The van der Waals surface area contributed by atoms with Crippen molar-refractivity contribution in [2.24, 2.45) is 0 Å². The minimum atomic E-state index is 0.620. The van der Waals surface area contributed by atoms with E-state index in [0.29, 0.717) is 6.04 Å². The maximum absolute atomic E-state index is 4.67. The monoisotopic (exact) mass is 225 g/mol. The van der Waals surface area contributed by atoms with E-state index >= 15 is 0 Å². The summed E-state index contributed by atoms with van der Waals surface area (Å²) in [6.45, 7) is 7.68. The Balaban J connectivity index is 2.12. The SMILES string of the molecule is CCc1csc(N2CCNCC2CC)n1. The maximum atomic E-state index is 4.67. The zero-order valence-electron chi connectivity index (χ0n) is 9.49. The summed E-state index contributed by atoms with van der Waals surface area (Å²) >= 11 is 1.79. The number of hydrogen-bond donors (Lipinski definition) is 1. The van der Waals surface area contributed by atoms with Crippen molar-refractivity contribution in [1.82, 2.24) is 10.3 Å². The summed E-state index contributed by atoms with van der Waals surface area (Å²) < 4.78 is 0. The molecule has 0 saturated carbocycles. The van der Waals surface area contributed by atoms with Crippen LogP contribution in [0.15, 0.2) is 5.38 Å². The number of rotatable bonds is 3. The fraction of sp³-hybridized carbons (Fsp3) is 0.727. The zero-order valence-corrected chi connectivity index (χ0v) is 10.3. The van der Waals surface area contributed by atoms with Gasteiger partial charge in [-0.3, -0.25) is 0 Å². The molecule has 1 unspecified atom stereocenters. The normalized spacial score (nSPS) is 22.0. The molecule has 1 aliphatic rings. The smallest absolute Gasteiger partial charge is 0.185 e. The van der Waals surface area contributed by atoms with Crippen LogP contribution < -0.4 is 10.2 Å². The fourth-order valence-corrected chi connectivity index (χ4v) is 2.97. The van der Waals surface area contributed by atoms with Crippen LogP contribution in [0.25, 0.3) is 0 Å². The summed E-state index contributed by atoms with van der Waals surface area (Å²) in [5, 5.41) is 6.83. The lowest BCUT2D eigenvalue weighted by atomic mass is 10.1. The Morgan fingerprint density at radius 3 is 3.13 bits per heavy atom. The van der Waals surface area contributed by atoms with Crippen molar-refractivity contribution in [2.45, 2.75) is 32.7 Å². The third-order valence-corrected chi connectivity index (χ3v) is 3.90. The van der Waals surface area contributed by atoms with Gasteiger partial charge in [-0.15, -0.1) is 11.3 Å². The van der Waals surface area contributed by atoms with E-state index in [-0.39, 0.29) is 0 Å². The molecular formula is C11H19N3S. The van der Waals surface area contributed by atoms with Gasteiger partial charge in [0, 0.05) is 31.1 Å². The van der Waals surface area contributed by atoms with Crippen LogP contribution in [0.2, 0.25) is 0 Å². The van der Waals surface area contributed by atoms with Gasteiger partial charge in [-0.1, -0.05) is 13.8 Å². The molecular weight excluding hydrogens is 206 g/mol. The minimum absolute atomic E-state index is 0.620. The van der Waals surface area contributed by atoms with E-state index in [1.807, 2.05) is 0 Å². The van der Waals surface area contributed by atoms with E-state index in [2.05, 4.69) is 34.4 Å². The van der Waals surface area contributed by atoms with Crippen molar-refractivity contribution in [3.8, 4) is 0 Å². The molecule has 1 atom stereocenters. The van der Waals surface area contributed by atoms with Crippen LogP contribution in [0, 0.1) is 0 Å². The molecule has 1 aromatic rings. The van der Waals surface area contributed by atoms with Crippen LogP contribution in [0.3, 0.4) is 0 Å². The maximum Gasteiger partial charge on any atom is 0.185 e. The Labute approximate surface area is 95.5 Å². The van der Waals surface area contributed by atoms with E-state index in [4.69, 9.17) is 0 Å². The van der Waals surface area contributed by atoms with Gasteiger partial charge in [0.25, 0.3) is 0 Å². The fourth-order valence-electron chi connectivity index (χ4n) is 1.97. The molecule has 1 aliphatic heterocycles. The number of nitrogens with zero attached hydrogens (tertiary/aromatic N) is 2. The van der Waals surface area contributed by atoms with Crippen molar-refractivity contribution in [3.05, 3.63) is 11.1 Å². The molecule has 4 heteroatoms. The standard InChI is InChI=1S/C11H19N3S/c1-3-9-8-15-11(13-9)14-6-5-12-7-10(14)4-2/h8,10,12H,3-7H2,1-2H3. The quantitative estimate of drug-likeness (QED) is 0.851. The molecule has 15 heavy (non-hydrogen) atoms. The molecule has 0 aliphatic carbocycles. The summed E-state index contributed by atoms with van der Waals surface area (Å²) in [5.41, 5.74) is 1.23. The first-order valence-corrected chi connectivity index (χ1v) is 6.64. The molecule has 3 nitrogen and oxygen atoms in total. The van der Waals surface area contributed by atoms with Crippen LogP contribution in [-0.4, -0.2) is 30.7 Å². The number of aryl methyl sites for hydroxylation is 1. The molecule has 0 bridgehead atoms. The topological polar surface area (TPSA) is 28.2 Å². The summed E-state index contributed by atoms with van der Waals surface area (Å²) in [6.07, 6.45) is 2.23. The van der Waals surface area contributed by atoms with Crippen LogP contribution in [-0.2, 0) is 6.42 Å². The predicted molar refractivity (Wildman–Crippen MR) is 65.8 cm³/mol. The van der Waals surface area contributed by atoms with Crippen molar-refractivity contribution in [2.75, 3.05) is 24.5 Å². The van der Waals surface area contributed by atoms with Gasteiger partial charge in [0.15, 0.2) is 5.13 Å². The second-order valence-electron chi connectivity index (χ2n) is 3.93. The Kier molecular flexibility index (Phi) is 3.59. The third-order valence-electron chi connectivity index (χ3n) is 2.97. The van der Waals surface area contributed by atoms with Crippen LogP contribution >= 0.6 is 11.3 Å². The molecule has 1 N–H and O–H groups in total. The number of aromatic nitrogens is 1. The average molecular weight is 225 g/mol. The number of nitrogens with one attached hydrogen (secondary N) is 1. The molecule has 1 fully saturated rings. The molecule has 1 aromatic heterocycles. The average Bonchev–Trinajstić information content (AvgIpc) is 2.77. The van der Waals surface area contributed by atoms with Crippen molar-refractivity contribution >= 4 is 16.5 Å². The van der Waals surface area contributed by atoms with Crippen molar-refractivity contribution < 1.29 is 0 Å². The third kappa shape index (κ3) is 2.32. The summed E-state index contributed by atoms with van der Waals surface area (Å²) in [7, 11) is 0. The predicted octanol–water partition coefficient (Wildman–Crippen LogP) is 1.89. The lowest BCUT2D eigenvalue weighted by molar-refractivity contribution is 0.465. The van der Waals surface area contributed by atoms with Crippen molar-refractivity contribution in [3.63, 3.8) is 0 Å². The number of thiazole rings is 1. The second kappa shape index (κ2) is 4.94. The molecule has 1 saturated heterocycles. The number of piperazine rings is 1. The van der Waals surface area contributed by atoms with E-state index < -0.39 is 0 Å². The molecule has 2 heterocycles. The van der Waals surface area contributed by atoms with Gasteiger partial charge in [0.1, 0.15) is 0 Å². The van der Waals surface area contributed by atoms with Crippen LogP contribution in [0.4, 0.5) is 5.13 Å². The van der Waals surface area contributed by atoms with Gasteiger partial charge in [0.05, 0.1) is 5.69 Å². The van der Waals surface area contributed by atoms with E-state index in [1.54, 1.807) is 11.3 Å². The Morgan fingerprint density at radius 2 is 2.47 bits per heavy atom. The highest BCUT2D eigenvalue weighted by Crippen LogP contribution is 2.24. The molecule has 0 spiro atoms. The Bertz CT molecular complexity index is 311. The zero-order chi connectivity index (χ0) is 10.7. The number of hydrogen-bond acceptors (Lipinski definition) is 4. The first kappa shape index (κ1) is 10.9. The van der Waals surface area contributed by atoms with Gasteiger partial charge in [-0.25, -0.2) is 4.98 Å². The largest absolute Gasteiger partial charge is 0.343 e. The van der Waals surface area contributed by atoms with Crippen LogP contribution in [0.1, 0.15) is 26.0 Å². The molecule has 0 aromatic carbocycles. The summed E-state index contributed by atoms with van der Waals surface area (Å²) in [4.78, 5) is 7.13. The van der Waals surface area contributed by atoms with Gasteiger partial charge >= 0.3 is 0 Å². The Morgan fingerprint density at radius 1 is 1.60 bits per heavy atom. The van der Waals surface area contributed by atoms with Gasteiger partial charge in [0.2, 0.25) is 0 Å². The van der Waals surface area contributed by atoms with E-state index in [1.165, 1.54) is 17.2 Å².